The van der Waals surface area contributed by atoms with Gasteiger partial charge in [0, 0.05) is 36.7 Å². The van der Waals surface area contributed by atoms with Gasteiger partial charge >= 0.3 is 5.97 Å². The zero-order valence-corrected chi connectivity index (χ0v) is 22.8. The number of amides is 2. The van der Waals surface area contributed by atoms with Crippen LogP contribution in [0.4, 0.5) is 0 Å². The molecule has 2 aromatic rings. The Morgan fingerprint density at radius 2 is 1.61 bits per heavy atom. The Labute approximate surface area is 225 Å². The lowest BCUT2D eigenvalue weighted by atomic mass is 9.76. The van der Waals surface area contributed by atoms with Crippen molar-refractivity contribution in [2.75, 3.05) is 13.1 Å². The minimum absolute atomic E-state index is 0.00599. The zero-order chi connectivity index (χ0) is 27.9. The Hall–Kier alpha value is -3.68. The Kier molecular flexibility index (Phi) is 9.66. The van der Waals surface area contributed by atoms with E-state index in [9.17, 15) is 14.4 Å². The van der Waals surface area contributed by atoms with Gasteiger partial charge in [-0.15, -0.1) is 0 Å². The van der Waals surface area contributed by atoms with Crippen LogP contribution in [0, 0.1) is 22.7 Å². The normalized spacial score (nSPS) is 15.1. The van der Waals surface area contributed by atoms with Gasteiger partial charge in [-0.05, 0) is 56.2 Å². The highest BCUT2D eigenvalue weighted by Gasteiger charge is 2.42. The van der Waals surface area contributed by atoms with Gasteiger partial charge < -0.3 is 20.7 Å². The van der Waals surface area contributed by atoms with Gasteiger partial charge in [0.2, 0.25) is 5.91 Å². The maximum absolute atomic E-state index is 13.6. The van der Waals surface area contributed by atoms with E-state index in [1.165, 1.54) is 0 Å². The molecule has 0 spiro atoms. The standard InChI is InChI=1S/C30H40N4O4/c1-20(2)26(33-28(36)24-12-10-23(11-13-24)27(31)32)30(3,4)29(37)34-16-14-21(15-17-34)18-25(35)38-19-22-8-6-5-7-9-22/h5-13,20-21,26H,14-19H2,1-4H3,(H3,31,32)(H,33,36). The number of carbonyl (C=O) groups is 3. The number of benzene rings is 2. The number of amidine groups is 1. The number of ether oxygens (including phenoxy) is 1. The first-order valence-corrected chi connectivity index (χ1v) is 13.2. The van der Waals surface area contributed by atoms with E-state index in [2.05, 4.69) is 5.32 Å². The number of hydrogen-bond acceptors (Lipinski definition) is 5. The Bertz CT molecular complexity index is 1120. The topological polar surface area (TPSA) is 126 Å². The van der Waals surface area contributed by atoms with Crippen LogP contribution in [-0.2, 0) is 20.9 Å². The summed E-state index contributed by atoms with van der Waals surface area (Å²) in [4.78, 5) is 40.8. The molecule has 1 atom stereocenters. The van der Waals surface area contributed by atoms with Crippen LogP contribution in [-0.4, -0.2) is 47.7 Å². The van der Waals surface area contributed by atoms with Crippen molar-refractivity contribution in [3.05, 3.63) is 71.3 Å². The van der Waals surface area contributed by atoms with Gasteiger partial charge in [0.25, 0.3) is 5.91 Å². The van der Waals surface area contributed by atoms with E-state index in [1.807, 2.05) is 62.9 Å². The molecule has 2 aromatic carbocycles. The number of nitrogens with one attached hydrogen (secondary N) is 2. The molecule has 1 saturated heterocycles. The first-order chi connectivity index (χ1) is 18.0. The van der Waals surface area contributed by atoms with E-state index in [0.29, 0.717) is 30.6 Å². The Morgan fingerprint density at radius 3 is 2.16 bits per heavy atom. The molecular formula is C30H40N4O4. The number of rotatable bonds is 10. The quantitative estimate of drug-likeness (QED) is 0.247. The third kappa shape index (κ3) is 7.43. The molecule has 1 aliphatic heterocycles. The van der Waals surface area contributed by atoms with Gasteiger partial charge in [-0.2, -0.15) is 0 Å². The van der Waals surface area contributed by atoms with Crippen LogP contribution in [0.5, 0.6) is 0 Å². The third-order valence-electron chi connectivity index (χ3n) is 7.34. The minimum Gasteiger partial charge on any atom is -0.461 e. The van der Waals surface area contributed by atoms with Crippen molar-refractivity contribution >= 4 is 23.6 Å². The van der Waals surface area contributed by atoms with Gasteiger partial charge in [0.15, 0.2) is 0 Å². The fourth-order valence-corrected chi connectivity index (χ4v) is 5.12. The predicted molar refractivity (Wildman–Crippen MR) is 147 cm³/mol. The molecule has 0 aromatic heterocycles. The largest absolute Gasteiger partial charge is 0.461 e. The first kappa shape index (κ1) is 28.9. The maximum atomic E-state index is 13.6. The zero-order valence-electron chi connectivity index (χ0n) is 22.8. The molecule has 8 heteroatoms. The summed E-state index contributed by atoms with van der Waals surface area (Å²) in [7, 11) is 0. The maximum Gasteiger partial charge on any atom is 0.306 e. The highest BCUT2D eigenvalue weighted by molar-refractivity contribution is 5.98. The highest BCUT2D eigenvalue weighted by atomic mass is 16.5. The summed E-state index contributed by atoms with van der Waals surface area (Å²) in [6.07, 6.45) is 1.83. The summed E-state index contributed by atoms with van der Waals surface area (Å²) in [5, 5.41) is 10.6. The van der Waals surface area contributed by atoms with Crippen LogP contribution in [0.3, 0.4) is 0 Å². The average molecular weight is 521 g/mol. The van der Waals surface area contributed by atoms with Crippen molar-refractivity contribution in [3.63, 3.8) is 0 Å². The van der Waals surface area contributed by atoms with Crippen LogP contribution in [0.25, 0.3) is 0 Å². The number of piperidine rings is 1. The van der Waals surface area contributed by atoms with E-state index >= 15 is 0 Å². The molecule has 0 bridgehead atoms. The lowest BCUT2D eigenvalue weighted by Crippen LogP contribution is -2.56. The van der Waals surface area contributed by atoms with Crippen LogP contribution in [0.15, 0.2) is 54.6 Å². The SMILES string of the molecule is CC(C)C(NC(=O)c1ccc(C(=N)N)cc1)C(C)(C)C(=O)N1CCC(CC(=O)OCc2ccccc2)CC1. The second kappa shape index (κ2) is 12.7. The molecule has 8 nitrogen and oxygen atoms in total. The molecule has 1 unspecified atom stereocenters. The molecule has 0 saturated carbocycles. The fraction of sp³-hybridized carbons (Fsp3) is 0.467. The van der Waals surface area contributed by atoms with Gasteiger partial charge in [-0.1, -0.05) is 56.3 Å². The molecular weight excluding hydrogens is 480 g/mol. The molecule has 38 heavy (non-hydrogen) atoms. The monoisotopic (exact) mass is 520 g/mol. The molecule has 0 radical (unpaired) electrons. The van der Waals surface area contributed by atoms with Crippen LogP contribution >= 0.6 is 0 Å². The number of nitrogens with zero attached hydrogens (tertiary/aromatic N) is 1. The number of esters is 1. The van der Waals surface area contributed by atoms with Crippen molar-refractivity contribution in [2.24, 2.45) is 23.0 Å². The lowest BCUT2D eigenvalue weighted by molar-refractivity contribution is -0.147. The smallest absolute Gasteiger partial charge is 0.306 e. The van der Waals surface area contributed by atoms with Gasteiger partial charge in [-0.3, -0.25) is 19.8 Å². The molecule has 4 N–H and O–H groups in total. The number of nitrogen functional groups attached to an aromatic ring is 1. The van der Waals surface area contributed by atoms with E-state index in [0.717, 1.165) is 18.4 Å². The van der Waals surface area contributed by atoms with Gasteiger partial charge in [0.05, 0.1) is 5.41 Å². The van der Waals surface area contributed by atoms with Crippen molar-refractivity contribution in [3.8, 4) is 0 Å². The third-order valence-corrected chi connectivity index (χ3v) is 7.34. The van der Waals surface area contributed by atoms with E-state index in [-0.39, 0.29) is 48.1 Å². The van der Waals surface area contributed by atoms with Gasteiger partial charge in [-0.25, -0.2) is 0 Å². The lowest BCUT2D eigenvalue weighted by Gasteiger charge is -2.42. The molecule has 204 valence electrons. The highest BCUT2D eigenvalue weighted by Crippen LogP contribution is 2.32. The number of likely N-dealkylation sites (tertiary alicyclic amines) is 1. The summed E-state index contributed by atoms with van der Waals surface area (Å²) >= 11 is 0. The summed E-state index contributed by atoms with van der Waals surface area (Å²) in [5.41, 5.74) is 6.63. The van der Waals surface area contributed by atoms with E-state index in [1.54, 1.807) is 24.3 Å². The molecule has 1 heterocycles. The predicted octanol–water partition coefficient (Wildman–Crippen LogP) is 4.12. The summed E-state index contributed by atoms with van der Waals surface area (Å²) in [5.74, 6) is -0.342. The second-order valence-electron chi connectivity index (χ2n) is 11.0. The van der Waals surface area contributed by atoms with Crippen molar-refractivity contribution in [1.29, 1.82) is 5.41 Å². The minimum atomic E-state index is -0.829. The summed E-state index contributed by atoms with van der Waals surface area (Å²) in [6, 6.07) is 15.8. The molecule has 3 rings (SSSR count). The Balaban J connectivity index is 1.54. The second-order valence-corrected chi connectivity index (χ2v) is 11.0. The fourth-order valence-electron chi connectivity index (χ4n) is 5.12. The average Bonchev–Trinajstić information content (AvgIpc) is 2.90. The van der Waals surface area contributed by atoms with Crippen molar-refractivity contribution in [2.45, 2.75) is 59.6 Å². The summed E-state index contributed by atoms with van der Waals surface area (Å²) in [6.45, 7) is 9.17. The number of carbonyl (C=O) groups excluding carboxylic acids is 3. The van der Waals surface area contributed by atoms with Crippen LogP contribution in [0.2, 0.25) is 0 Å². The molecule has 1 fully saturated rings. The molecule has 2 amide bonds. The molecule has 0 aliphatic carbocycles. The van der Waals surface area contributed by atoms with Crippen LogP contribution < -0.4 is 11.1 Å². The Morgan fingerprint density at radius 1 is 1.03 bits per heavy atom. The van der Waals surface area contributed by atoms with E-state index < -0.39 is 5.41 Å². The number of hydrogen-bond donors (Lipinski definition) is 3. The summed E-state index contributed by atoms with van der Waals surface area (Å²) < 4.78 is 5.43. The van der Waals surface area contributed by atoms with E-state index in [4.69, 9.17) is 15.9 Å². The van der Waals surface area contributed by atoms with Gasteiger partial charge in [0.1, 0.15) is 12.4 Å². The number of nitrogens with two attached hydrogens (primary N) is 1. The van der Waals surface area contributed by atoms with Crippen molar-refractivity contribution < 1.29 is 19.1 Å². The van der Waals surface area contributed by atoms with Crippen molar-refractivity contribution in [1.82, 2.24) is 10.2 Å². The van der Waals surface area contributed by atoms with Crippen LogP contribution in [0.1, 0.15) is 68.4 Å². The molecule has 1 aliphatic rings. The first-order valence-electron chi connectivity index (χ1n) is 13.2.